The van der Waals surface area contributed by atoms with Crippen LogP contribution in [0.5, 0.6) is 0 Å². The maximum atomic E-state index is 13.1. The Hall–Kier alpha value is -2.77. The Morgan fingerprint density at radius 2 is 1.72 bits per heavy atom. The average Bonchev–Trinajstić information content (AvgIpc) is 3.28. The van der Waals surface area contributed by atoms with E-state index in [1.54, 1.807) is 12.1 Å². The summed E-state index contributed by atoms with van der Waals surface area (Å²) >= 11 is 7.23. The van der Waals surface area contributed by atoms with Gasteiger partial charge in [0.25, 0.3) is 0 Å². The molecule has 2 aromatic carbocycles. The molecule has 1 saturated carbocycles. The van der Waals surface area contributed by atoms with Crippen molar-refractivity contribution in [1.29, 1.82) is 0 Å². The lowest BCUT2D eigenvalue weighted by Crippen LogP contribution is -2.47. The number of hydrogen-bond acceptors (Lipinski definition) is 5. The van der Waals surface area contributed by atoms with Crippen molar-refractivity contribution >= 4 is 39.9 Å². The lowest BCUT2D eigenvalue weighted by molar-refractivity contribution is -0.130. The van der Waals surface area contributed by atoms with Crippen molar-refractivity contribution in [2.24, 2.45) is 5.92 Å². The second-order valence-electron chi connectivity index (χ2n) is 7.99. The first kappa shape index (κ1) is 22.4. The van der Waals surface area contributed by atoms with Gasteiger partial charge in [-0.05, 0) is 30.5 Å². The molecule has 2 N–H and O–H groups in total. The number of carbonyl (C=O) groups is 2. The molecule has 1 aliphatic rings. The van der Waals surface area contributed by atoms with Gasteiger partial charge in [0.1, 0.15) is 11.0 Å². The largest absolute Gasteiger partial charge is 0.344 e. The molecule has 166 valence electrons. The van der Waals surface area contributed by atoms with Gasteiger partial charge >= 0.3 is 0 Å². The van der Waals surface area contributed by atoms with Crippen molar-refractivity contribution in [2.75, 3.05) is 5.32 Å². The van der Waals surface area contributed by atoms with Crippen LogP contribution in [0.2, 0.25) is 5.02 Å². The Morgan fingerprint density at radius 1 is 1.00 bits per heavy atom. The number of aromatic nitrogens is 2. The fourth-order valence-electron chi connectivity index (χ4n) is 3.89. The molecule has 32 heavy (non-hydrogen) atoms. The molecule has 0 spiro atoms. The van der Waals surface area contributed by atoms with Gasteiger partial charge in [0, 0.05) is 22.9 Å². The highest BCUT2D eigenvalue weighted by atomic mass is 35.5. The molecule has 3 aromatic rings. The van der Waals surface area contributed by atoms with Crippen LogP contribution in [0.4, 0.5) is 5.13 Å². The van der Waals surface area contributed by atoms with E-state index in [0.29, 0.717) is 21.6 Å². The molecule has 1 aliphatic carbocycles. The maximum absolute atomic E-state index is 13.1. The van der Waals surface area contributed by atoms with E-state index >= 15 is 0 Å². The second-order valence-corrected chi connectivity index (χ2v) is 9.41. The number of halogens is 1. The minimum absolute atomic E-state index is 0.0205. The third-order valence-electron chi connectivity index (χ3n) is 5.64. The fourth-order valence-corrected chi connectivity index (χ4v) is 4.77. The number of benzene rings is 2. The van der Waals surface area contributed by atoms with Crippen molar-refractivity contribution in [1.82, 2.24) is 15.5 Å². The lowest BCUT2D eigenvalue weighted by Gasteiger charge is -2.24. The van der Waals surface area contributed by atoms with Crippen LogP contribution in [0.3, 0.4) is 0 Å². The minimum Gasteiger partial charge on any atom is -0.344 e. The smallest absolute Gasteiger partial charge is 0.249 e. The summed E-state index contributed by atoms with van der Waals surface area (Å²) in [5.74, 6) is -0.357. The van der Waals surface area contributed by atoms with E-state index in [1.165, 1.54) is 17.8 Å². The predicted octanol–water partition coefficient (Wildman–Crippen LogP) is 5.10. The molecule has 6 nitrogen and oxygen atoms in total. The number of nitrogens with zero attached hydrogens (tertiary/aromatic N) is 2. The van der Waals surface area contributed by atoms with E-state index in [4.69, 9.17) is 11.6 Å². The highest BCUT2D eigenvalue weighted by Gasteiger charge is 2.27. The third kappa shape index (κ3) is 5.93. The summed E-state index contributed by atoms with van der Waals surface area (Å²) in [5, 5.41) is 15.8. The first-order valence-electron chi connectivity index (χ1n) is 10.8. The fraction of sp³-hybridized carbons (Fsp3) is 0.333. The Labute approximate surface area is 196 Å². The Morgan fingerprint density at radius 3 is 2.44 bits per heavy atom. The summed E-state index contributed by atoms with van der Waals surface area (Å²) in [6, 6.07) is 16.3. The SMILES string of the molecule is O=C(NC(Cc1ccccc1)C(=O)Nc1nnc(-c2ccc(Cl)cc2)s1)C1CCCCC1. The molecule has 4 rings (SSSR count). The lowest BCUT2D eigenvalue weighted by atomic mass is 9.88. The van der Waals surface area contributed by atoms with Crippen LogP contribution < -0.4 is 10.6 Å². The van der Waals surface area contributed by atoms with Crippen LogP contribution in [0, 0.1) is 5.92 Å². The summed E-state index contributed by atoms with van der Waals surface area (Å²) in [4.78, 5) is 26.0. The summed E-state index contributed by atoms with van der Waals surface area (Å²) in [6.45, 7) is 0. The molecular formula is C24H25ClN4O2S. The van der Waals surface area contributed by atoms with Crippen molar-refractivity contribution in [2.45, 2.75) is 44.6 Å². The van der Waals surface area contributed by atoms with Crippen molar-refractivity contribution in [3.05, 3.63) is 65.2 Å². The summed E-state index contributed by atoms with van der Waals surface area (Å²) < 4.78 is 0. The molecule has 8 heteroatoms. The van der Waals surface area contributed by atoms with Gasteiger partial charge in [-0.1, -0.05) is 84.7 Å². The number of carbonyl (C=O) groups excluding carboxylic acids is 2. The molecule has 0 saturated heterocycles. The monoisotopic (exact) mass is 468 g/mol. The second kappa shape index (κ2) is 10.7. The zero-order valence-corrected chi connectivity index (χ0v) is 19.2. The molecular weight excluding hydrogens is 444 g/mol. The number of rotatable bonds is 7. The first-order valence-corrected chi connectivity index (χ1v) is 12.0. The van der Waals surface area contributed by atoms with E-state index in [1.807, 2.05) is 42.5 Å². The van der Waals surface area contributed by atoms with Gasteiger partial charge in [0.2, 0.25) is 16.9 Å². The van der Waals surface area contributed by atoms with Gasteiger partial charge in [-0.25, -0.2) is 0 Å². The molecule has 0 radical (unpaired) electrons. The van der Waals surface area contributed by atoms with Crippen LogP contribution in [0.25, 0.3) is 10.6 Å². The Kier molecular flexibility index (Phi) is 7.50. The molecule has 2 amide bonds. The van der Waals surface area contributed by atoms with Gasteiger partial charge < -0.3 is 5.32 Å². The topological polar surface area (TPSA) is 84.0 Å². The zero-order chi connectivity index (χ0) is 22.3. The van der Waals surface area contributed by atoms with Crippen LogP contribution >= 0.6 is 22.9 Å². The highest BCUT2D eigenvalue weighted by Crippen LogP contribution is 2.28. The van der Waals surface area contributed by atoms with Gasteiger partial charge in [-0.15, -0.1) is 10.2 Å². The number of amides is 2. The number of anilines is 1. The molecule has 0 bridgehead atoms. The minimum atomic E-state index is -0.685. The predicted molar refractivity (Wildman–Crippen MR) is 128 cm³/mol. The zero-order valence-electron chi connectivity index (χ0n) is 17.6. The van der Waals surface area contributed by atoms with E-state index in [0.717, 1.165) is 36.8 Å². The van der Waals surface area contributed by atoms with Gasteiger partial charge in [-0.3, -0.25) is 14.9 Å². The Bertz CT molecular complexity index is 1050. The van der Waals surface area contributed by atoms with Crippen LogP contribution in [0.15, 0.2) is 54.6 Å². The average molecular weight is 469 g/mol. The van der Waals surface area contributed by atoms with Crippen LogP contribution in [0.1, 0.15) is 37.7 Å². The normalized spacial score (nSPS) is 15.2. The molecule has 1 aromatic heterocycles. The standard InChI is InChI=1S/C24H25ClN4O2S/c25-19-13-11-18(12-14-19)23-28-29-24(32-23)27-22(31)20(15-16-7-3-1-4-8-16)26-21(30)17-9-5-2-6-10-17/h1,3-4,7-8,11-14,17,20H,2,5-6,9-10,15H2,(H,26,30)(H,27,29,31). The molecule has 1 atom stereocenters. The maximum Gasteiger partial charge on any atom is 0.249 e. The molecule has 1 unspecified atom stereocenters. The van der Waals surface area contributed by atoms with Crippen molar-refractivity contribution < 1.29 is 9.59 Å². The number of nitrogens with one attached hydrogen (secondary N) is 2. The van der Waals surface area contributed by atoms with E-state index in [-0.39, 0.29) is 17.7 Å². The quantitative estimate of drug-likeness (QED) is 0.505. The van der Waals surface area contributed by atoms with E-state index in [9.17, 15) is 9.59 Å². The van der Waals surface area contributed by atoms with E-state index in [2.05, 4.69) is 20.8 Å². The first-order chi connectivity index (χ1) is 15.6. The summed E-state index contributed by atoms with van der Waals surface area (Å²) in [6.07, 6.45) is 5.47. The van der Waals surface area contributed by atoms with Crippen molar-refractivity contribution in [3.63, 3.8) is 0 Å². The Balaban J connectivity index is 1.46. The van der Waals surface area contributed by atoms with Crippen LogP contribution in [-0.4, -0.2) is 28.1 Å². The van der Waals surface area contributed by atoms with Crippen molar-refractivity contribution in [3.8, 4) is 10.6 Å². The van der Waals surface area contributed by atoms with Gasteiger partial charge in [0.05, 0.1) is 0 Å². The number of hydrogen-bond donors (Lipinski definition) is 2. The molecule has 1 fully saturated rings. The summed E-state index contributed by atoms with van der Waals surface area (Å²) in [5.41, 5.74) is 1.86. The summed E-state index contributed by atoms with van der Waals surface area (Å²) in [7, 11) is 0. The van der Waals surface area contributed by atoms with Crippen LogP contribution in [-0.2, 0) is 16.0 Å². The van der Waals surface area contributed by atoms with Gasteiger partial charge in [0.15, 0.2) is 0 Å². The third-order valence-corrected chi connectivity index (χ3v) is 6.78. The molecule has 0 aliphatic heterocycles. The molecule has 1 heterocycles. The van der Waals surface area contributed by atoms with Gasteiger partial charge in [-0.2, -0.15) is 0 Å². The van der Waals surface area contributed by atoms with E-state index < -0.39 is 6.04 Å². The highest BCUT2D eigenvalue weighted by molar-refractivity contribution is 7.18.